The van der Waals surface area contributed by atoms with Crippen molar-refractivity contribution in [2.75, 3.05) is 18.6 Å². The SMILES string of the molecule is CCCCCOC(=O)c1ccc(C(=O)N(C)c2ccccc2)cc1. The molecule has 0 radical (unpaired) electrons. The molecule has 2 rings (SSSR count). The van der Waals surface area contributed by atoms with E-state index >= 15 is 0 Å². The van der Waals surface area contributed by atoms with Gasteiger partial charge in [0.15, 0.2) is 0 Å². The number of rotatable bonds is 7. The van der Waals surface area contributed by atoms with Crippen molar-refractivity contribution in [2.24, 2.45) is 0 Å². The van der Waals surface area contributed by atoms with Crippen LogP contribution in [-0.2, 0) is 4.74 Å². The van der Waals surface area contributed by atoms with Gasteiger partial charge in [-0.15, -0.1) is 0 Å². The predicted octanol–water partition coefficient (Wildman–Crippen LogP) is 4.31. The summed E-state index contributed by atoms with van der Waals surface area (Å²) in [7, 11) is 1.73. The van der Waals surface area contributed by atoms with E-state index in [-0.39, 0.29) is 11.9 Å². The molecule has 0 aromatic heterocycles. The van der Waals surface area contributed by atoms with E-state index in [0.717, 1.165) is 24.9 Å². The molecule has 4 heteroatoms. The Kier molecular flexibility index (Phi) is 6.55. The van der Waals surface area contributed by atoms with Gasteiger partial charge in [-0.2, -0.15) is 0 Å². The molecule has 0 bridgehead atoms. The van der Waals surface area contributed by atoms with E-state index in [1.54, 1.807) is 36.2 Å². The van der Waals surface area contributed by atoms with E-state index < -0.39 is 0 Å². The molecule has 24 heavy (non-hydrogen) atoms. The van der Waals surface area contributed by atoms with E-state index in [4.69, 9.17) is 4.74 Å². The number of ether oxygens (including phenoxy) is 1. The molecule has 0 aliphatic heterocycles. The quantitative estimate of drug-likeness (QED) is 0.563. The molecule has 2 aromatic rings. The van der Waals surface area contributed by atoms with E-state index in [1.165, 1.54) is 0 Å². The fourth-order valence-electron chi connectivity index (χ4n) is 2.31. The van der Waals surface area contributed by atoms with Gasteiger partial charge in [0, 0.05) is 18.3 Å². The van der Waals surface area contributed by atoms with Crippen LogP contribution in [0.3, 0.4) is 0 Å². The fourth-order valence-corrected chi connectivity index (χ4v) is 2.31. The molecule has 0 spiro atoms. The van der Waals surface area contributed by atoms with Crippen LogP contribution in [0.4, 0.5) is 5.69 Å². The largest absolute Gasteiger partial charge is 0.462 e. The Labute approximate surface area is 143 Å². The van der Waals surface area contributed by atoms with Crippen LogP contribution in [0, 0.1) is 0 Å². The van der Waals surface area contributed by atoms with E-state index in [9.17, 15) is 9.59 Å². The molecule has 2 aromatic carbocycles. The molecule has 1 amide bonds. The van der Waals surface area contributed by atoms with Gasteiger partial charge in [-0.1, -0.05) is 38.0 Å². The maximum Gasteiger partial charge on any atom is 0.338 e. The van der Waals surface area contributed by atoms with Crippen LogP contribution in [-0.4, -0.2) is 25.5 Å². The van der Waals surface area contributed by atoms with Gasteiger partial charge in [0.1, 0.15) is 0 Å². The second kappa shape index (κ2) is 8.87. The monoisotopic (exact) mass is 325 g/mol. The number of para-hydroxylation sites is 1. The summed E-state index contributed by atoms with van der Waals surface area (Å²) < 4.78 is 5.21. The first-order valence-corrected chi connectivity index (χ1v) is 8.23. The van der Waals surface area contributed by atoms with Crippen LogP contribution >= 0.6 is 0 Å². The maximum atomic E-state index is 12.5. The topological polar surface area (TPSA) is 46.6 Å². The molecule has 0 aliphatic carbocycles. The average Bonchev–Trinajstić information content (AvgIpc) is 2.64. The number of hydrogen-bond acceptors (Lipinski definition) is 3. The molecule has 0 unspecified atom stereocenters. The predicted molar refractivity (Wildman–Crippen MR) is 95.4 cm³/mol. The third kappa shape index (κ3) is 4.69. The van der Waals surface area contributed by atoms with Gasteiger partial charge in [-0.3, -0.25) is 4.79 Å². The minimum Gasteiger partial charge on any atom is -0.462 e. The first-order chi connectivity index (χ1) is 11.6. The number of nitrogens with zero attached hydrogens (tertiary/aromatic N) is 1. The van der Waals surface area contributed by atoms with Gasteiger partial charge in [0.25, 0.3) is 5.91 Å². The summed E-state index contributed by atoms with van der Waals surface area (Å²) in [5.41, 5.74) is 1.82. The van der Waals surface area contributed by atoms with Gasteiger partial charge >= 0.3 is 5.97 Å². The Morgan fingerprint density at radius 2 is 1.54 bits per heavy atom. The van der Waals surface area contributed by atoms with E-state index in [2.05, 4.69) is 6.92 Å². The summed E-state index contributed by atoms with van der Waals surface area (Å²) in [6, 6.07) is 16.0. The lowest BCUT2D eigenvalue weighted by Gasteiger charge is -2.17. The standard InChI is InChI=1S/C20H23NO3/c1-3-4-8-15-24-20(23)17-13-11-16(12-14-17)19(22)21(2)18-9-6-5-7-10-18/h5-7,9-14H,3-4,8,15H2,1-2H3. The van der Waals surface area contributed by atoms with Gasteiger partial charge in [-0.25, -0.2) is 4.79 Å². The van der Waals surface area contributed by atoms with Crippen molar-refractivity contribution < 1.29 is 14.3 Å². The van der Waals surface area contributed by atoms with Crippen LogP contribution in [0.1, 0.15) is 46.9 Å². The minimum atomic E-state index is -0.346. The summed E-state index contributed by atoms with van der Waals surface area (Å²) >= 11 is 0. The lowest BCUT2D eigenvalue weighted by Crippen LogP contribution is -2.26. The second-order valence-corrected chi connectivity index (χ2v) is 5.62. The molecule has 0 fully saturated rings. The van der Waals surface area contributed by atoms with Crippen LogP contribution in [0.15, 0.2) is 54.6 Å². The first kappa shape index (κ1) is 17.7. The van der Waals surface area contributed by atoms with Gasteiger partial charge in [0.05, 0.1) is 12.2 Å². The van der Waals surface area contributed by atoms with Gasteiger partial charge in [0.2, 0.25) is 0 Å². The zero-order valence-corrected chi connectivity index (χ0v) is 14.2. The third-order valence-electron chi connectivity index (χ3n) is 3.80. The minimum absolute atomic E-state index is 0.121. The van der Waals surface area contributed by atoms with Crippen LogP contribution in [0.2, 0.25) is 0 Å². The van der Waals surface area contributed by atoms with Crippen molar-refractivity contribution in [3.63, 3.8) is 0 Å². The Balaban J connectivity index is 1.98. The highest BCUT2D eigenvalue weighted by molar-refractivity contribution is 6.06. The molecule has 0 heterocycles. The van der Waals surface area contributed by atoms with E-state index in [1.807, 2.05) is 30.3 Å². The summed E-state index contributed by atoms with van der Waals surface area (Å²) in [5.74, 6) is -0.467. The van der Waals surface area contributed by atoms with Crippen LogP contribution in [0.5, 0.6) is 0 Å². The summed E-state index contributed by atoms with van der Waals surface area (Å²) in [6.07, 6.45) is 3.01. The number of unbranched alkanes of at least 4 members (excludes halogenated alkanes) is 2. The Bertz CT molecular complexity index is 665. The zero-order chi connectivity index (χ0) is 17.4. The van der Waals surface area contributed by atoms with Crippen molar-refractivity contribution in [3.8, 4) is 0 Å². The van der Waals surface area contributed by atoms with Gasteiger partial charge in [-0.05, 0) is 42.8 Å². The highest BCUT2D eigenvalue weighted by Gasteiger charge is 2.14. The highest BCUT2D eigenvalue weighted by atomic mass is 16.5. The molecule has 0 saturated heterocycles. The van der Waals surface area contributed by atoms with Crippen molar-refractivity contribution in [3.05, 3.63) is 65.7 Å². The second-order valence-electron chi connectivity index (χ2n) is 5.62. The van der Waals surface area contributed by atoms with Crippen molar-refractivity contribution in [1.82, 2.24) is 0 Å². The summed E-state index contributed by atoms with van der Waals surface area (Å²) in [5, 5.41) is 0. The molecule has 0 atom stereocenters. The maximum absolute atomic E-state index is 12.5. The molecule has 0 aliphatic rings. The number of amides is 1. The molecule has 126 valence electrons. The average molecular weight is 325 g/mol. The Morgan fingerprint density at radius 3 is 2.17 bits per heavy atom. The molecule has 4 nitrogen and oxygen atoms in total. The van der Waals surface area contributed by atoms with Crippen LogP contribution < -0.4 is 4.90 Å². The molecular weight excluding hydrogens is 302 g/mol. The summed E-state index contributed by atoms with van der Waals surface area (Å²) in [6.45, 7) is 2.54. The lowest BCUT2D eigenvalue weighted by atomic mass is 10.1. The number of carbonyl (C=O) groups excluding carboxylic acids is 2. The fraction of sp³-hybridized carbons (Fsp3) is 0.300. The Morgan fingerprint density at radius 1 is 0.917 bits per heavy atom. The Hall–Kier alpha value is -2.62. The molecular formula is C20H23NO3. The van der Waals surface area contributed by atoms with Crippen molar-refractivity contribution in [2.45, 2.75) is 26.2 Å². The number of esters is 1. The molecule has 0 N–H and O–H groups in total. The van der Waals surface area contributed by atoms with Gasteiger partial charge < -0.3 is 9.64 Å². The number of anilines is 1. The number of carbonyl (C=O) groups is 2. The first-order valence-electron chi connectivity index (χ1n) is 8.23. The number of benzene rings is 2. The lowest BCUT2D eigenvalue weighted by molar-refractivity contribution is 0.0498. The third-order valence-corrected chi connectivity index (χ3v) is 3.80. The van der Waals surface area contributed by atoms with E-state index in [0.29, 0.717) is 17.7 Å². The summed E-state index contributed by atoms with van der Waals surface area (Å²) in [4.78, 5) is 26.0. The zero-order valence-electron chi connectivity index (χ0n) is 14.2. The normalized spacial score (nSPS) is 10.2. The number of hydrogen-bond donors (Lipinski definition) is 0. The highest BCUT2D eigenvalue weighted by Crippen LogP contribution is 2.15. The molecule has 0 saturated carbocycles. The van der Waals surface area contributed by atoms with Crippen molar-refractivity contribution >= 4 is 17.6 Å². The smallest absolute Gasteiger partial charge is 0.338 e. The van der Waals surface area contributed by atoms with Crippen molar-refractivity contribution in [1.29, 1.82) is 0 Å². The van der Waals surface area contributed by atoms with Crippen LogP contribution in [0.25, 0.3) is 0 Å².